The Balaban J connectivity index is 1.71. The van der Waals surface area contributed by atoms with Crippen LogP contribution in [0.15, 0.2) is 60.2 Å². The molecule has 0 aliphatic carbocycles. The molecule has 4 amide bonds. The number of hydrogen-bond donors (Lipinski definition) is 1. The smallest absolute Gasteiger partial charge is 0.337 e. The second kappa shape index (κ2) is 8.82. The number of hydrogen-bond acceptors (Lipinski definition) is 5. The number of nitrogens with one attached hydrogen (secondary N) is 1. The molecule has 1 aliphatic heterocycles. The zero-order valence-electron chi connectivity index (χ0n) is 19.2. The van der Waals surface area contributed by atoms with E-state index in [1.165, 1.54) is 13.2 Å². The topological polar surface area (TPSA) is 97.7 Å². The number of aromatic nitrogens is 1. The number of imide groups is 2. The lowest BCUT2D eigenvalue weighted by Crippen LogP contribution is -2.54. The average Bonchev–Trinajstić information content (AvgIpc) is 3.10. The van der Waals surface area contributed by atoms with Crippen molar-refractivity contribution in [3.05, 3.63) is 88.2 Å². The predicted molar refractivity (Wildman–Crippen MR) is 127 cm³/mol. The maximum atomic E-state index is 13.2. The Hall–Kier alpha value is -4.46. The summed E-state index contributed by atoms with van der Waals surface area (Å²) in [7, 11) is 1.33. The van der Waals surface area contributed by atoms with Gasteiger partial charge in [-0.3, -0.25) is 14.9 Å². The minimum Gasteiger partial charge on any atom is -0.465 e. The van der Waals surface area contributed by atoms with Crippen molar-refractivity contribution in [3.8, 4) is 5.69 Å². The number of benzene rings is 2. The molecule has 8 nitrogen and oxygen atoms in total. The van der Waals surface area contributed by atoms with Gasteiger partial charge >= 0.3 is 12.0 Å². The Labute approximate surface area is 196 Å². The van der Waals surface area contributed by atoms with Crippen molar-refractivity contribution in [3.63, 3.8) is 0 Å². The summed E-state index contributed by atoms with van der Waals surface area (Å²) in [5, 5.41) is 2.25. The Kier molecular flexibility index (Phi) is 5.89. The molecule has 3 aromatic rings. The van der Waals surface area contributed by atoms with Crippen LogP contribution in [0.25, 0.3) is 11.8 Å². The van der Waals surface area contributed by atoms with Gasteiger partial charge in [0, 0.05) is 17.1 Å². The molecule has 2 aromatic carbocycles. The third-order valence-electron chi connectivity index (χ3n) is 5.71. The van der Waals surface area contributed by atoms with Gasteiger partial charge in [0.1, 0.15) is 5.57 Å². The molecule has 0 atom stereocenters. The number of carbonyl (C=O) groups excluding carboxylic acids is 4. The molecule has 8 heteroatoms. The largest absolute Gasteiger partial charge is 0.465 e. The molecule has 1 fully saturated rings. The second-order valence-corrected chi connectivity index (χ2v) is 7.99. The molecule has 0 bridgehead atoms. The molecule has 4 rings (SSSR count). The number of urea groups is 1. The van der Waals surface area contributed by atoms with E-state index in [0.717, 1.165) is 27.5 Å². The predicted octanol–water partition coefficient (Wildman–Crippen LogP) is 3.86. The first-order valence-corrected chi connectivity index (χ1v) is 10.6. The maximum Gasteiger partial charge on any atom is 0.337 e. The van der Waals surface area contributed by atoms with E-state index in [2.05, 4.69) is 5.32 Å². The van der Waals surface area contributed by atoms with E-state index in [0.29, 0.717) is 16.8 Å². The first-order chi connectivity index (χ1) is 16.2. The molecule has 34 heavy (non-hydrogen) atoms. The highest BCUT2D eigenvalue weighted by molar-refractivity contribution is 6.39. The van der Waals surface area contributed by atoms with Crippen LogP contribution in [-0.2, 0) is 14.3 Å². The fourth-order valence-corrected chi connectivity index (χ4v) is 3.94. The van der Waals surface area contributed by atoms with Gasteiger partial charge in [-0.05, 0) is 74.9 Å². The van der Waals surface area contributed by atoms with E-state index in [-0.39, 0.29) is 5.57 Å². The summed E-state index contributed by atoms with van der Waals surface area (Å²) < 4.78 is 6.69. The molecular formula is C26H23N3O5. The summed E-state index contributed by atoms with van der Waals surface area (Å²) in [6, 6.07) is 14.9. The van der Waals surface area contributed by atoms with Crippen LogP contribution in [0.2, 0.25) is 0 Å². The minimum absolute atomic E-state index is 0.138. The van der Waals surface area contributed by atoms with Crippen LogP contribution in [0.3, 0.4) is 0 Å². The highest BCUT2D eigenvalue weighted by Crippen LogP contribution is 2.26. The standard InChI is InChI=1S/C26H23N3O5/c1-15-5-9-21(10-6-15)29-24(31)22(23(30)27-26(29)33)14-19-13-16(2)28(17(19)3)20-11-7-18(8-12-20)25(32)34-4/h5-14H,1-4H3,(H,27,30,33)/b22-14+. The summed E-state index contributed by atoms with van der Waals surface area (Å²) >= 11 is 0. The average molecular weight is 457 g/mol. The highest BCUT2D eigenvalue weighted by Gasteiger charge is 2.37. The quantitative estimate of drug-likeness (QED) is 0.365. The summed E-state index contributed by atoms with van der Waals surface area (Å²) in [6.45, 7) is 5.66. The Morgan fingerprint density at radius 2 is 1.53 bits per heavy atom. The van der Waals surface area contributed by atoms with Crippen molar-refractivity contribution < 1.29 is 23.9 Å². The normalized spacial score (nSPS) is 15.0. The lowest BCUT2D eigenvalue weighted by atomic mass is 10.1. The zero-order chi connectivity index (χ0) is 24.6. The number of amides is 4. The van der Waals surface area contributed by atoms with Crippen LogP contribution in [-0.4, -0.2) is 35.5 Å². The van der Waals surface area contributed by atoms with Crippen molar-refractivity contribution >= 4 is 35.6 Å². The van der Waals surface area contributed by atoms with E-state index < -0.39 is 23.8 Å². The Morgan fingerprint density at radius 3 is 2.15 bits per heavy atom. The minimum atomic E-state index is -0.785. The fourth-order valence-electron chi connectivity index (χ4n) is 3.94. The lowest BCUT2D eigenvalue weighted by Gasteiger charge is -2.26. The third kappa shape index (κ3) is 4.01. The van der Waals surface area contributed by atoms with E-state index in [1.54, 1.807) is 48.5 Å². The van der Waals surface area contributed by atoms with E-state index in [9.17, 15) is 19.2 Å². The number of nitrogens with zero attached hydrogens (tertiary/aromatic N) is 2. The van der Waals surface area contributed by atoms with Crippen molar-refractivity contribution in [2.24, 2.45) is 0 Å². The number of esters is 1. The molecule has 1 aromatic heterocycles. The van der Waals surface area contributed by atoms with E-state index >= 15 is 0 Å². The molecular weight excluding hydrogens is 434 g/mol. The lowest BCUT2D eigenvalue weighted by molar-refractivity contribution is -0.122. The molecule has 0 spiro atoms. The van der Waals surface area contributed by atoms with Gasteiger partial charge in [0.2, 0.25) is 0 Å². The maximum absolute atomic E-state index is 13.2. The van der Waals surface area contributed by atoms with Gasteiger partial charge in [0.05, 0.1) is 18.4 Å². The summed E-state index contributed by atoms with van der Waals surface area (Å²) in [5.74, 6) is -1.86. The second-order valence-electron chi connectivity index (χ2n) is 7.99. The number of carbonyl (C=O) groups is 4. The van der Waals surface area contributed by atoms with Crippen LogP contribution in [0, 0.1) is 20.8 Å². The summed E-state index contributed by atoms with van der Waals surface area (Å²) in [6.07, 6.45) is 1.49. The molecule has 2 heterocycles. The molecule has 172 valence electrons. The van der Waals surface area contributed by atoms with E-state index in [1.807, 2.05) is 31.4 Å². The van der Waals surface area contributed by atoms with Crippen LogP contribution in [0.5, 0.6) is 0 Å². The molecule has 1 N–H and O–H groups in total. The summed E-state index contributed by atoms with van der Waals surface area (Å²) in [4.78, 5) is 50.8. The highest BCUT2D eigenvalue weighted by atomic mass is 16.5. The third-order valence-corrected chi connectivity index (χ3v) is 5.71. The fraction of sp³-hybridized carbons (Fsp3) is 0.154. The number of aryl methyl sites for hydroxylation is 2. The zero-order valence-corrected chi connectivity index (χ0v) is 19.2. The monoisotopic (exact) mass is 457 g/mol. The number of barbiturate groups is 1. The van der Waals surface area contributed by atoms with Crippen LogP contribution < -0.4 is 10.2 Å². The first kappa shape index (κ1) is 22.7. The summed E-state index contributed by atoms with van der Waals surface area (Å²) in [5.41, 5.74) is 4.77. The number of methoxy groups -OCH3 is 1. The van der Waals surface area contributed by atoms with Gasteiger partial charge in [-0.15, -0.1) is 0 Å². The van der Waals surface area contributed by atoms with Crippen molar-refractivity contribution in [1.29, 1.82) is 0 Å². The van der Waals surface area contributed by atoms with Crippen LogP contribution in [0.1, 0.15) is 32.9 Å². The Bertz CT molecular complexity index is 1350. The molecule has 0 radical (unpaired) electrons. The van der Waals surface area contributed by atoms with Crippen molar-refractivity contribution in [2.75, 3.05) is 12.0 Å². The first-order valence-electron chi connectivity index (χ1n) is 10.6. The molecule has 1 saturated heterocycles. The van der Waals surface area contributed by atoms with Gasteiger partial charge in [0.15, 0.2) is 0 Å². The van der Waals surface area contributed by atoms with Gasteiger partial charge in [-0.25, -0.2) is 14.5 Å². The molecule has 0 saturated carbocycles. The van der Waals surface area contributed by atoms with Crippen LogP contribution in [0.4, 0.5) is 10.5 Å². The van der Waals surface area contributed by atoms with Crippen LogP contribution >= 0.6 is 0 Å². The van der Waals surface area contributed by atoms with Crippen molar-refractivity contribution in [1.82, 2.24) is 9.88 Å². The molecule has 1 aliphatic rings. The van der Waals surface area contributed by atoms with Gasteiger partial charge in [-0.1, -0.05) is 17.7 Å². The number of ether oxygens (including phenoxy) is 1. The molecule has 0 unspecified atom stereocenters. The van der Waals surface area contributed by atoms with E-state index in [4.69, 9.17) is 4.74 Å². The van der Waals surface area contributed by atoms with Gasteiger partial charge in [-0.2, -0.15) is 0 Å². The van der Waals surface area contributed by atoms with Gasteiger partial charge < -0.3 is 9.30 Å². The number of anilines is 1. The Morgan fingerprint density at radius 1 is 0.912 bits per heavy atom. The SMILES string of the molecule is COC(=O)c1ccc(-n2c(C)cc(/C=C3\C(=O)NC(=O)N(c4ccc(C)cc4)C3=O)c2C)cc1. The number of rotatable bonds is 4. The van der Waals surface area contributed by atoms with Crippen molar-refractivity contribution in [2.45, 2.75) is 20.8 Å². The van der Waals surface area contributed by atoms with Gasteiger partial charge in [0.25, 0.3) is 11.8 Å².